The Labute approximate surface area is 112 Å². The lowest BCUT2D eigenvalue weighted by Crippen LogP contribution is -2.27. The zero-order chi connectivity index (χ0) is 13.2. The predicted octanol–water partition coefficient (Wildman–Crippen LogP) is 2.60. The summed E-state index contributed by atoms with van der Waals surface area (Å²) in [7, 11) is 1.69. The van der Waals surface area contributed by atoms with Gasteiger partial charge < -0.3 is 20.2 Å². The number of rotatable bonds is 3. The van der Waals surface area contributed by atoms with Crippen LogP contribution >= 0.6 is 0 Å². The molecule has 2 aromatic rings. The lowest BCUT2D eigenvalue weighted by molar-refractivity contribution is 0.0585. The molecule has 0 radical (unpaired) electrons. The van der Waals surface area contributed by atoms with Crippen molar-refractivity contribution >= 4 is 10.9 Å². The third-order valence-corrected chi connectivity index (χ3v) is 4.05. The van der Waals surface area contributed by atoms with Crippen molar-refractivity contribution in [3.63, 3.8) is 0 Å². The summed E-state index contributed by atoms with van der Waals surface area (Å²) in [5, 5.41) is 1.17. The van der Waals surface area contributed by atoms with Crippen molar-refractivity contribution in [2.24, 2.45) is 11.7 Å². The van der Waals surface area contributed by atoms with Crippen LogP contribution in [0.25, 0.3) is 10.9 Å². The molecule has 0 bridgehead atoms. The van der Waals surface area contributed by atoms with E-state index in [4.69, 9.17) is 15.2 Å². The molecule has 4 heteroatoms. The average molecular weight is 260 g/mol. The molecule has 3 N–H and O–H groups in total. The zero-order valence-corrected chi connectivity index (χ0v) is 11.2. The number of aromatic nitrogens is 1. The number of aromatic amines is 1. The normalized spacial score (nSPS) is 18.6. The fourth-order valence-electron chi connectivity index (χ4n) is 2.85. The van der Waals surface area contributed by atoms with Gasteiger partial charge in [0.1, 0.15) is 5.75 Å². The van der Waals surface area contributed by atoms with Crippen LogP contribution in [0.5, 0.6) is 5.75 Å². The summed E-state index contributed by atoms with van der Waals surface area (Å²) in [5.74, 6) is 1.37. The molecule has 0 saturated carbocycles. The standard InChI is InChI=1S/C15H20N2O2/c1-18-11-2-3-14-12(8-11)13(9-17-14)15(16)10-4-6-19-7-5-10/h2-3,8-10,15,17H,4-7,16H2,1H3/t15-/m0/s1. The molecule has 2 heterocycles. The van der Waals surface area contributed by atoms with Gasteiger partial charge in [-0.25, -0.2) is 0 Å². The van der Waals surface area contributed by atoms with E-state index in [1.165, 1.54) is 10.9 Å². The van der Waals surface area contributed by atoms with Crippen LogP contribution < -0.4 is 10.5 Å². The molecule has 1 aromatic carbocycles. The second-order valence-corrected chi connectivity index (χ2v) is 5.13. The van der Waals surface area contributed by atoms with E-state index in [9.17, 15) is 0 Å². The van der Waals surface area contributed by atoms with Crippen LogP contribution in [0.1, 0.15) is 24.4 Å². The second kappa shape index (κ2) is 5.23. The molecule has 19 heavy (non-hydrogen) atoms. The summed E-state index contributed by atoms with van der Waals surface area (Å²) in [6, 6.07) is 6.11. The molecule has 0 spiro atoms. The molecule has 4 nitrogen and oxygen atoms in total. The molecular weight excluding hydrogens is 240 g/mol. The van der Waals surface area contributed by atoms with Crippen LogP contribution in [0.4, 0.5) is 0 Å². The smallest absolute Gasteiger partial charge is 0.119 e. The number of ether oxygens (including phenoxy) is 2. The van der Waals surface area contributed by atoms with Gasteiger partial charge in [0.25, 0.3) is 0 Å². The fraction of sp³-hybridized carbons (Fsp3) is 0.467. The highest BCUT2D eigenvalue weighted by molar-refractivity contribution is 5.85. The van der Waals surface area contributed by atoms with E-state index in [2.05, 4.69) is 11.1 Å². The highest BCUT2D eigenvalue weighted by Crippen LogP contribution is 2.33. The first-order valence-electron chi connectivity index (χ1n) is 6.78. The van der Waals surface area contributed by atoms with Crippen molar-refractivity contribution in [1.82, 2.24) is 4.98 Å². The minimum absolute atomic E-state index is 0.0600. The maximum absolute atomic E-state index is 6.46. The molecule has 0 amide bonds. The quantitative estimate of drug-likeness (QED) is 0.891. The maximum atomic E-state index is 6.46. The largest absolute Gasteiger partial charge is 0.497 e. The summed E-state index contributed by atoms with van der Waals surface area (Å²) >= 11 is 0. The van der Waals surface area contributed by atoms with E-state index < -0.39 is 0 Å². The van der Waals surface area contributed by atoms with Gasteiger partial charge >= 0.3 is 0 Å². The Kier molecular flexibility index (Phi) is 3.44. The highest BCUT2D eigenvalue weighted by Gasteiger charge is 2.24. The number of nitrogens with two attached hydrogens (primary N) is 1. The molecule has 102 valence electrons. The number of hydrogen-bond donors (Lipinski definition) is 2. The van der Waals surface area contributed by atoms with E-state index >= 15 is 0 Å². The average Bonchev–Trinajstić information content (AvgIpc) is 2.90. The van der Waals surface area contributed by atoms with E-state index in [-0.39, 0.29) is 6.04 Å². The number of benzene rings is 1. The van der Waals surface area contributed by atoms with Gasteiger partial charge in [-0.05, 0) is 42.5 Å². The lowest BCUT2D eigenvalue weighted by Gasteiger charge is -2.27. The van der Waals surface area contributed by atoms with Gasteiger partial charge in [-0.15, -0.1) is 0 Å². The van der Waals surface area contributed by atoms with Gasteiger partial charge in [-0.1, -0.05) is 0 Å². The third-order valence-electron chi connectivity index (χ3n) is 4.05. The van der Waals surface area contributed by atoms with Crippen LogP contribution in [0, 0.1) is 5.92 Å². The Morgan fingerprint density at radius 1 is 1.37 bits per heavy atom. The van der Waals surface area contributed by atoms with Crippen molar-refractivity contribution in [3.05, 3.63) is 30.0 Å². The zero-order valence-electron chi connectivity index (χ0n) is 11.2. The Hall–Kier alpha value is -1.52. The first-order chi connectivity index (χ1) is 9.29. The molecule has 1 saturated heterocycles. The van der Waals surface area contributed by atoms with Gasteiger partial charge in [0, 0.05) is 36.4 Å². The molecule has 1 aliphatic rings. The molecule has 0 unspecified atom stereocenters. The Morgan fingerprint density at radius 2 is 2.16 bits per heavy atom. The minimum Gasteiger partial charge on any atom is -0.497 e. The van der Waals surface area contributed by atoms with Crippen molar-refractivity contribution in [2.45, 2.75) is 18.9 Å². The van der Waals surface area contributed by atoms with E-state index in [0.717, 1.165) is 37.3 Å². The van der Waals surface area contributed by atoms with Crippen molar-refractivity contribution in [3.8, 4) is 5.75 Å². The van der Waals surface area contributed by atoms with Crippen LogP contribution in [0.3, 0.4) is 0 Å². The summed E-state index contributed by atoms with van der Waals surface area (Å²) in [4.78, 5) is 3.29. The number of nitrogens with one attached hydrogen (secondary N) is 1. The predicted molar refractivity (Wildman–Crippen MR) is 75.3 cm³/mol. The maximum Gasteiger partial charge on any atom is 0.119 e. The second-order valence-electron chi connectivity index (χ2n) is 5.13. The van der Waals surface area contributed by atoms with Crippen molar-refractivity contribution in [2.75, 3.05) is 20.3 Å². The highest BCUT2D eigenvalue weighted by atomic mass is 16.5. The van der Waals surface area contributed by atoms with Gasteiger partial charge in [0.15, 0.2) is 0 Å². The third kappa shape index (κ3) is 2.33. The fourth-order valence-corrected chi connectivity index (χ4v) is 2.85. The first-order valence-corrected chi connectivity index (χ1v) is 6.78. The SMILES string of the molecule is COc1ccc2[nH]cc([C@@H](N)C3CCOCC3)c2c1. The Morgan fingerprint density at radius 3 is 2.89 bits per heavy atom. The van der Waals surface area contributed by atoms with Gasteiger partial charge in [-0.3, -0.25) is 0 Å². The topological polar surface area (TPSA) is 60.3 Å². The first kappa shape index (κ1) is 12.5. The van der Waals surface area contributed by atoms with Crippen molar-refractivity contribution in [1.29, 1.82) is 0 Å². The van der Waals surface area contributed by atoms with Gasteiger partial charge in [0.2, 0.25) is 0 Å². The Balaban J connectivity index is 1.94. The summed E-state index contributed by atoms with van der Waals surface area (Å²) in [6.45, 7) is 1.65. The van der Waals surface area contributed by atoms with E-state index in [1.54, 1.807) is 7.11 Å². The minimum atomic E-state index is 0.0600. The van der Waals surface area contributed by atoms with Crippen LogP contribution in [-0.4, -0.2) is 25.3 Å². The molecule has 1 aromatic heterocycles. The number of H-pyrrole nitrogens is 1. The number of methoxy groups -OCH3 is 1. The number of hydrogen-bond acceptors (Lipinski definition) is 3. The molecule has 0 aliphatic carbocycles. The van der Waals surface area contributed by atoms with E-state index in [1.807, 2.05) is 18.3 Å². The lowest BCUT2D eigenvalue weighted by atomic mass is 9.87. The van der Waals surface area contributed by atoms with Crippen LogP contribution in [0.2, 0.25) is 0 Å². The van der Waals surface area contributed by atoms with Gasteiger partial charge in [-0.2, -0.15) is 0 Å². The number of fused-ring (bicyclic) bond motifs is 1. The Bertz CT molecular complexity index is 558. The molecule has 1 aliphatic heterocycles. The van der Waals surface area contributed by atoms with Crippen molar-refractivity contribution < 1.29 is 9.47 Å². The van der Waals surface area contributed by atoms with Crippen LogP contribution in [-0.2, 0) is 4.74 Å². The molecule has 3 rings (SSSR count). The summed E-state index contributed by atoms with van der Waals surface area (Å²) in [5.41, 5.74) is 8.75. The van der Waals surface area contributed by atoms with E-state index in [0.29, 0.717) is 5.92 Å². The molecule has 1 atom stereocenters. The summed E-state index contributed by atoms with van der Waals surface area (Å²) < 4.78 is 10.7. The molecule has 1 fully saturated rings. The summed E-state index contributed by atoms with van der Waals surface area (Å²) in [6.07, 6.45) is 4.11. The van der Waals surface area contributed by atoms with Crippen LogP contribution in [0.15, 0.2) is 24.4 Å². The monoisotopic (exact) mass is 260 g/mol. The molecular formula is C15H20N2O2. The van der Waals surface area contributed by atoms with Gasteiger partial charge in [0.05, 0.1) is 7.11 Å².